The molecule has 0 aliphatic carbocycles. The lowest BCUT2D eigenvalue weighted by atomic mass is 10.0. The van der Waals surface area contributed by atoms with Gasteiger partial charge in [0.05, 0.1) is 12.2 Å². The number of benzene rings is 2. The van der Waals surface area contributed by atoms with Crippen molar-refractivity contribution in [2.45, 2.75) is 0 Å². The van der Waals surface area contributed by atoms with Gasteiger partial charge in [0.15, 0.2) is 5.17 Å². The highest BCUT2D eigenvalue weighted by Crippen LogP contribution is 2.32. The number of nitrogens with zero attached hydrogens (tertiary/aromatic N) is 3. The Morgan fingerprint density at radius 1 is 1.10 bits per heavy atom. The lowest BCUT2D eigenvalue weighted by Gasteiger charge is -2.12. The molecule has 4 rings (SSSR count). The summed E-state index contributed by atoms with van der Waals surface area (Å²) in [5.74, 6) is 1.02. The standard InChI is InChI=1S/C16H12ClN3S/c17-12-6-7-14-13(10-12)15(11-4-2-1-3-5-11)19-20-8-9-21-16(20)18-14/h1-7,10H,8-9H2. The predicted molar refractivity (Wildman–Crippen MR) is 89.8 cm³/mol. The van der Waals surface area contributed by atoms with Gasteiger partial charge in [-0.05, 0) is 18.2 Å². The van der Waals surface area contributed by atoms with Crippen LogP contribution in [0.15, 0.2) is 58.6 Å². The lowest BCUT2D eigenvalue weighted by Crippen LogP contribution is -2.19. The van der Waals surface area contributed by atoms with E-state index in [-0.39, 0.29) is 0 Å². The second-order valence-corrected chi connectivity index (χ2v) is 6.34. The molecule has 0 amide bonds. The van der Waals surface area contributed by atoms with Crippen molar-refractivity contribution in [3.63, 3.8) is 0 Å². The molecule has 1 fully saturated rings. The van der Waals surface area contributed by atoms with Crippen LogP contribution < -0.4 is 0 Å². The summed E-state index contributed by atoms with van der Waals surface area (Å²) in [5, 5.41) is 8.48. The zero-order chi connectivity index (χ0) is 14.2. The first kappa shape index (κ1) is 12.9. The number of hydrogen-bond acceptors (Lipinski definition) is 4. The van der Waals surface area contributed by atoms with Gasteiger partial charge >= 0.3 is 0 Å². The van der Waals surface area contributed by atoms with Crippen LogP contribution >= 0.6 is 23.4 Å². The van der Waals surface area contributed by atoms with E-state index in [1.807, 2.05) is 41.4 Å². The van der Waals surface area contributed by atoms with Crippen LogP contribution in [0.1, 0.15) is 11.1 Å². The molecule has 0 bridgehead atoms. The molecule has 0 aromatic heterocycles. The van der Waals surface area contributed by atoms with Crippen LogP contribution in [-0.4, -0.2) is 28.2 Å². The highest BCUT2D eigenvalue weighted by molar-refractivity contribution is 8.14. The number of hydrogen-bond donors (Lipinski definition) is 0. The van der Waals surface area contributed by atoms with Crippen molar-refractivity contribution in [2.75, 3.05) is 12.3 Å². The fourth-order valence-electron chi connectivity index (χ4n) is 2.46. The average Bonchev–Trinajstić information content (AvgIpc) is 2.89. The number of aliphatic imine (C=N–C) groups is 1. The van der Waals surface area contributed by atoms with Crippen molar-refractivity contribution in [1.82, 2.24) is 5.01 Å². The van der Waals surface area contributed by atoms with Crippen molar-refractivity contribution >= 4 is 39.9 Å². The van der Waals surface area contributed by atoms with Crippen LogP contribution in [0.5, 0.6) is 0 Å². The Morgan fingerprint density at radius 2 is 1.95 bits per heavy atom. The summed E-state index contributed by atoms with van der Waals surface area (Å²) in [4.78, 5) is 4.75. The van der Waals surface area contributed by atoms with Gasteiger partial charge < -0.3 is 0 Å². The Kier molecular flexibility index (Phi) is 3.20. The van der Waals surface area contributed by atoms with Crippen LogP contribution in [0.2, 0.25) is 5.02 Å². The van der Waals surface area contributed by atoms with E-state index >= 15 is 0 Å². The number of thioether (sulfide) groups is 1. The van der Waals surface area contributed by atoms with Crippen molar-refractivity contribution in [3.8, 4) is 0 Å². The van der Waals surface area contributed by atoms with Gasteiger partial charge in [-0.1, -0.05) is 53.7 Å². The summed E-state index contributed by atoms with van der Waals surface area (Å²) in [6.45, 7) is 0.890. The van der Waals surface area contributed by atoms with E-state index in [9.17, 15) is 0 Å². The van der Waals surface area contributed by atoms with Crippen molar-refractivity contribution in [1.29, 1.82) is 0 Å². The molecule has 0 atom stereocenters. The molecule has 2 heterocycles. The normalized spacial score (nSPS) is 16.7. The van der Waals surface area contributed by atoms with Crippen LogP contribution in [0.3, 0.4) is 0 Å². The van der Waals surface area contributed by atoms with E-state index < -0.39 is 0 Å². The fourth-order valence-corrected chi connectivity index (χ4v) is 3.52. The van der Waals surface area contributed by atoms with E-state index in [1.54, 1.807) is 11.8 Å². The third-order valence-electron chi connectivity index (χ3n) is 3.45. The third kappa shape index (κ3) is 2.34. The molecule has 0 radical (unpaired) electrons. The first-order chi connectivity index (χ1) is 10.3. The second kappa shape index (κ2) is 5.20. The van der Waals surface area contributed by atoms with Crippen LogP contribution in [0.4, 0.5) is 5.69 Å². The maximum atomic E-state index is 6.18. The molecule has 2 aliphatic rings. The molecule has 1 saturated heterocycles. The molecule has 104 valence electrons. The average molecular weight is 314 g/mol. The first-order valence-electron chi connectivity index (χ1n) is 6.74. The molecule has 3 nitrogen and oxygen atoms in total. The summed E-state index contributed by atoms with van der Waals surface area (Å²) in [6, 6.07) is 16.0. The van der Waals surface area contributed by atoms with Gasteiger partial charge in [-0.2, -0.15) is 5.10 Å². The van der Waals surface area contributed by atoms with E-state index in [0.29, 0.717) is 5.02 Å². The minimum absolute atomic E-state index is 0.701. The molecular weight excluding hydrogens is 302 g/mol. The van der Waals surface area contributed by atoms with Crippen LogP contribution in [-0.2, 0) is 0 Å². The Labute approximate surface area is 132 Å². The third-order valence-corrected chi connectivity index (χ3v) is 4.63. The van der Waals surface area contributed by atoms with Gasteiger partial charge in [-0.25, -0.2) is 10.0 Å². The predicted octanol–water partition coefficient (Wildman–Crippen LogP) is 4.14. The SMILES string of the molecule is Clc1ccc2c(c1)C(c1ccccc1)=NN1CCSC1=N2. The topological polar surface area (TPSA) is 28.0 Å². The number of rotatable bonds is 1. The number of amidine groups is 1. The van der Waals surface area contributed by atoms with Gasteiger partial charge in [-0.15, -0.1) is 0 Å². The van der Waals surface area contributed by atoms with E-state index in [4.69, 9.17) is 21.7 Å². The zero-order valence-electron chi connectivity index (χ0n) is 11.2. The zero-order valence-corrected chi connectivity index (χ0v) is 12.7. The first-order valence-corrected chi connectivity index (χ1v) is 8.10. The Balaban J connectivity index is 1.96. The summed E-state index contributed by atoms with van der Waals surface area (Å²) in [6.07, 6.45) is 0. The Hall–Kier alpha value is -1.78. The Bertz CT molecular complexity index is 755. The maximum Gasteiger partial charge on any atom is 0.185 e. The monoisotopic (exact) mass is 313 g/mol. The maximum absolute atomic E-state index is 6.18. The lowest BCUT2D eigenvalue weighted by molar-refractivity contribution is 0.496. The summed E-state index contributed by atoms with van der Waals surface area (Å²) in [7, 11) is 0. The molecule has 21 heavy (non-hydrogen) atoms. The molecule has 2 aliphatic heterocycles. The van der Waals surface area contributed by atoms with Crippen molar-refractivity contribution < 1.29 is 0 Å². The van der Waals surface area contributed by atoms with Gasteiger partial charge in [0.1, 0.15) is 5.71 Å². The second-order valence-electron chi connectivity index (χ2n) is 4.84. The minimum Gasteiger partial charge on any atom is -0.241 e. The number of halogens is 1. The van der Waals surface area contributed by atoms with Crippen LogP contribution in [0, 0.1) is 0 Å². The van der Waals surface area contributed by atoms with Crippen molar-refractivity contribution in [2.24, 2.45) is 10.1 Å². The Morgan fingerprint density at radius 3 is 2.81 bits per heavy atom. The van der Waals surface area contributed by atoms with E-state index in [2.05, 4.69) is 12.1 Å². The molecule has 0 saturated carbocycles. The largest absolute Gasteiger partial charge is 0.241 e. The molecular formula is C16H12ClN3S. The number of fused-ring (bicyclic) bond motifs is 2. The molecule has 0 spiro atoms. The molecule has 5 heteroatoms. The quantitative estimate of drug-likeness (QED) is 0.791. The van der Waals surface area contributed by atoms with Gasteiger partial charge in [0.2, 0.25) is 0 Å². The summed E-state index contributed by atoms with van der Waals surface area (Å²) < 4.78 is 0. The highest BCUT2D eigenvalue weighted by atomic mass is 35.5. The highest BCUT2D eigenvalue weighted by Gasteiger charge is 2.25. The summed E-state index contributed by atoms with van der Waals surface area (Å²) in [5.41, 5.74) is 3.91. The van der Waals surface area contributed by atoms with Gasteiger partial charge in [0.25, 0.3) is 0 Å². The van der Waals surface area contributed by atoms with E-state index in [0.717, 1.165) is 40.0 Å². The minimum atomic E-state index is 0.701. The molecule has 2 aromatic rings. The van der Waals surface area contributed by atoms with Gasteiger partial charge in [0, 0.05) is 21.9 Å². The summed E-state index contributed by atoms with van der Waals surface area (Å²) >= 11 is 7.92. The number of hydrazone groups is 1. The van der Waals surface area contributed by atoms with Crippen LogP contribution in [0.25, 0.3) is 0 Å². The van der Waals surface area contributed by atoms with Gasteiger partial charge in [-0.3, -0.25) is 0 Å². The molecule has 2 aromatic carbocycles. The smallest absolute Gasteiger partial charge is 0.185 e. The fraction of sp³-hybridized carbons (Fsp3) is 0.125. The molecule has 0 N–H and O–H groups in total. The van der Waals surface area contributed by atoms with Crippen molar-refractivity contribution in [3.05, 3.63) is 64.7 Å². The van der Waals surface area contributed by atoms with E-state index in [1.165, 1.54) is 0 Å². The molecule has 0 unspecified atom stereocenters.